The first-order chi connectivity index (χ1) is 17.5. The normalized spacial score (nSPS) is 19.2. The summed E-state index contributed by atoms with van der Waals surface area (Å²) in [5.74, 6) is 1.27. The van der Waals surface area contributed by atoms with Crippen LogP contribution in [-0.2, 0) is 4.79 Å². The van der Waals surface area contributed by atoms with Crippen molar-refractivity contribution in [2.75, 3.05) is 31.5 Å². The van der Waals surface area contributed by atoms with Gasteiger partial charge in [0, 0.05) is 51.0 Å². The Morgan fingerprint density at radius 3 is 2.67 bits per heavy atom. The number of nitrogens with zero attached hydrogens (tertiary/aromatic N) is 3. The summed E-state index contributed by atoms with van der Waals surface area (Å²) in [6, 6.07) is 13.7. The molecular weight excluding hydrogens is 454 g/mol. The highest BCUT2D eigenvalue weighted by Gasteiger charge is 2.27. The zero-order valence-electron chi connectivity index (χ0n) is 21.1. The number of imidazole rings is 1. The first-order valence-corrected chi connectivity index (χ1v) is 13.0. The maximum Gasteiger partial charge on any atom is 0.257 e. The predicted octanol–water partition coefficient (Wildman–Crippen LogP) is 4.30. The van der Waals surface area contributed by atoms with Gasteiger partial charge in [0.25, 0.3) is 5.91 Å². The SMILES string of the molecule is CC(=O)N1CCC(Oc2cccc3nc(NC(=O)c4cccc(C)c4)n(C4CCCCNC4)c23)CC1. The van der Waals surface area contributed by atoms with Crippen molar-refractivity contribution in [1.82, 2.24) is 19.8 Å². The van der Waals surface area contributed by atoms with Crippen LogP contribution in [0.2, 0.25) is 0 Å². The van der Waals surface area contributed by atoms with Gasteiger partial charge < -0.3 is 19.5 Å². The van der Waals surface area contributed by atoms with Crippen molar-refractivity contribution < 1.29 is 14.3 Å². The minimum atomic E-state index is -0.170. The quantitative estimate of drug-likeness (QED) is 0.558. The van der Waals surface area contributed by atoms with Gasteiger partial charge in [0.2, 0.25) is 11.9 Å². The van der Waals surface area contributed by atoms with Crippen LogP contribution in [0.3, 0.4) is 0 Å². The van der Waals surface area contributed by atoms with Crippen LogP contribution in [-0.4, -0.2) is 58.5 Å². The van der Waals surface area contributed by atoms with Crippen LogP contribution in [0.25, 0.3) is 11.0 Å². The highest BCUT2D eigenvalue weighted by molar-refractivity contribution is 6.04. The number of ether oxygens (including phenoxy) is 1. The summed E-state index contributed by atoms with van der Waals surface area (Å²) < 4.78 is 8.71. The average Bonchev–Trinajstić information content (AvgIpc) is 3.03. The van der Waals surface area contributed by atoms with E-state index >= 15 is 0 Å². The molecule has 0 spiro atoms. The van der Waals surface area contributed by atoms with Crippen LogP contribution in [0.1, 0.15) is 61.0 Å². The number of likely N-dealkylation sites (tertiary alicyclic amines) is 1. The number of nitrogens with one attached hydrogen (secondary N) is 2. The van der Waals surface area contributed by atoms with Crippen molar-refractivity contribution in [3.63, 3.8) is 0 Å². The third-order valence-electron chi connectivity index (χ3n) is 7.25. The Hall–Kier alpha value is -3.39. The standard InChI is InChI=1S/C28H35N5O3/c1-19-7-5-8-21(17-19)27(35)31-28-30-24-10-6-11-25(36-23-12-15-32(16-13-23)20(2)34)26(24)33(28)22-9-3-4-14-29-18-22/h5-8,10-11,17,22-23,29H,3-4,9,12-16,18H2,1-2H3,(H,30,31,35). The molecule has 1 unspecified atom stereocenters. The number of hydrogen-bond acceptors (Lipinski definition) is 5. The minimum absolute atomic E-state index is 0.0344. The lowest BCUT2D eigenvalue weighted by Gasteiger charge is -2.31. The number of fused-ring (bicyclic) bond motifs is 1. The van der Waals surface area contributed by atoms with Crippen molar-refractivity contribution in [3.8, 4) is 5.75 Å². The van der Waals surface area contributed by atoms with Gasteiger partial charge in [-0.25, -0.2) is 4.98 Å². The topological polar surface area (TPSA) is 88.5 Å². The number of para-hydroxylation sites is 1. The molecule has 2 aromatic carbocycles. The van der Waals surface area contributed by atoms with Gasteiger partial charge in [-0.05, 0) is 50.6 Å². The summed E-state index contributed by atoms with van der Waals surface area (Å²) in [4.78, 5) is 31.7. The van der Waals surface area contributed by atoms with Crippen LogP contribution < -0.4 is 15.4 Å². The van der Waals surface area contributed by atoms with Gasteiger partial charge in [0.1, 0.15) is 17.4 Å². The number of piperidine rings is 1. The van der Waals surface area contributed by atoms with Crippen molar-refractivity contribution in [2.45, 2.75) is 58.1 Å². The van der Waals surface area contributed by atoms with E-state index in [2.05, 4.69) is 15.2 Å². The second-order valence-electron chi connectivity index (χ2n) is 9.93. The molecule has 0 saturated carbocycles. The fourth-order valence-corrected chi connectivity index (χ4v) is 5.30. The molecule has 2 fully saturated rings. The zero-order chi connectivity index (χ0) is 25.1. The lowest BCUT2D eigenvalue weighted by molar-refractivity contribution is -0.130. The number of carbonyl (C=O) groups excluding carboxylic acids is 2. The number of amides is 2. The molecule has 2 N–H and O–H groups in total. The Kier molecular flexibility index (Phi) is 7.23. The molecule has 2 aliphatic heterocycles. The van der Waals surface area contributed by atoms with Crippen molar-refractivity contribution >= 4 is 28.8 Å². The third kappa shape index (κ3) is 5.23. The molecule has 2 aliphatic rings. The van der Waals surface area contributed by atoms with Gasteiger partial charge in [0.05, 0.1) is 5.52 Å². The highest BCUT2D eigenvalue weighted by atomic mass is 16.5. The summed E-state index contributed by atoms with van der Waals surface area (Å²) in [6.45, 7) is 6.82. The zero-order valence-corrected chi connectivity index (χ0v) is 21.1. The second-order valence-corrected chi connectivity index (χ2v) is 9.93. The summed E-state index contributed by atoms with van der Waals surface area (Å²) >= 11 is 0. The maximum atomic E-state index is 13.2. The maximum absolute atomic E-state index is 13.2. The third-order valence-corrected chi connectivity index (χ3v) is 7.25. The van der Waals surface area contributed by atoms with E-state index in [1.807, 2.05) is 54.3 Å². The molecule has 190 valence electrons. The molecule has 2 saturated heterocycles. The number of hydrogen-bond donors (Lipinski definition) is 2. The molecule has 8 heteroatoms. The highest BCUT2D eigenvalue weighted by Crippen LogP contribution is 2.35. The number of benzene rings is 2. The van der Waals surface area contributed by atoms with Gasteiger partial charge in [-0.3, -0.25) is 14.9 Å². The molecule has 3 heterocycles. The second kappa shape index (κ2) is 10.7. The van der Waals surface area contributed by atoms with Gasteiger partial charge in [-0.2, -0.15) is 0 Å². The fraction of sp³-hybridized carbons (Fsp3) is 0.464. The number of carbonyl (C=O) groups is 2. The van der Waals surface area contributed by atoms with E-state index in [0.29, 0.717) is 24.6 Å². The molecule has 1 aromatic heterocycles. The van der Waals surface area contributed by atoms with Crippen LogP contribution >= 0.6 is 0 Å². The summed E-state index contributed by atoms with van der Waals surface area (Å²) in [7, 11) is 0. The summed E-state index contributed by atoms with van der Waals surface area (Å²) in [5, 5.41) is 6.64. The monoisotopic (exact) mass is 489 g/mol. The Morgan fingerprint density at radius 1 is 1.08 bits per heavy atom. The Labute approximate surface area is 212 Å². The Bertz CT molecular complexity index is 1240. The van der Waals surface area contributed by atoms with E-state index in [1.54, 1.807) is 6.92 Å². The molecule has 3 aromatic rings. The number of aryl methyl sites for hydroxylation is 1. The minimum Gasteiger partial charge on any atom is -0.488 e. The lowest BCUT2D eigenvalue weighted by atomic mass is 10.1. The number of anilines is 1. The molecular formula is C28H35N5O3. The van der Waals surface area contributed by atoms with Crippen LogP contribution in [0.15, 0.2) is 42.5 Å². The van der Waals surface area contributed by atoms with Crippen molar-refractivity contribution in [1.29, 1.82) is 0 Å². The van der Waals surface area contributed by atoms with Gasteiger partial charge in [-0.1, -0.05) is 30.2 Å². The van der Waals surface area contributed by atoms with E-state index < -0.39 is 0 Å². The first-order valence-electron chi connectivity index (χ1n) is 13.0. The lowest BCUT2D eigenvalue weighted by Crippen LogP contribution is -2.40. The van der Waals surface area contributed by atoms with Gasteiger partial charge in [-0.15, -0.1) is 0 Å². The summed E-state index contributed by atoms with van der Waals surface area (Å²) in [5.41, 5.74) is 3.37. The number of rotatable bonds is 5. The molecule has 5 rings (SSSR count). The van der Waals surface area contributed by atoms with Crippen molar-refractivity contribution in [2.24, 2.45) is 0 Å². The Balaban J connectivity index is 1.49. The van der Waals surface area contributed by atoms with E-state index in [0.717, 1.165) is 67.5 Å². The molecule has 2 amide bonds. The first kappa shape index (κ1) is 24.3. The smallest absolute Gasteiger partial charge is 0.257 e. The van der Waals surface area contributed by atoms with Crippen LogP contribution in [0.4, 0.5) is 5.95 Å². The van der Waals surface area contributed by atoms with Crippen molar-refractivity contribution in [3.05, 3.63) is 53.6 Å². The van der Waals surface area contributed by atoms with Crippen LogP contribution in [0, 0.1) is 6.92 Å². The van der Waals surface area contributed by atoms with E-state index in [-0.39, 0.29) is 24.0 Å². The largest absolute Gasteiger partial charge is 0.488 e. The van der Waals surface area contributed by atoms with E-state index in [4.69, 9.17) is 9.72 Å². The molecule has 36 heavy (non-hydrogen) atoms. The molecule has 0 aliphatic carbocycles. The molecule has 8 nitrogen and oxygen atoms in total. The fourth-order valence-electron chi connectivity index (χ4n) is 5.30. The molecule has 1 atom stereocenters. The van der Waals surface area contributed by atoms with E-state index in [1.165, 1.54) is 0 Å². The summed E-state index contributed by atoms with van der Waals surface area (Å²) in [6.07, 6.45) is 4.86. The van der Waals surface area contributed by atoms with E-state index in [9.17, 15) is 9.59 Å². The molecule has 0 bridgehead atoms. The van der Waals surface area contributed by atoms with Gasteiger partial charge in [0.15, 0.2) is 0 Å². The average molecular weight is 490 g/mol. The van der Waals surface area contributed by atoms with Gasteiger partial charge >= 0.3 is 0 Å². The molecule has 0 radical (unpaired) electrons. The Morgan fingerprint density at radius 2 is 1.89 bits per heavy atom. The van der Waals surface area contributed by atoms with Crippen LogP contribution in [0.5, 0.6) is 5.75 Å². The predicted molar refractivity (Wildman–Crippen MR) is 141 cm³/mol. The number of aromatic nitrogens is 2.